The van der Waals surface area contributed by atoms with E-state index in [-0.39, 0.29) is 0 Å². The van der Waals surface area contributed by atoms with Gasteiger partial charge in [0.2, 0.25) is 5.95 Å². The zero-order valence-corrected chi connectivity index (χ0v) is 12.0. The van der Waals surface area contributed by atoms with Crippen LogP contribution in [-0.4, -0.2) is 23.6 Å². The summed E-state index contributed by atoms with van der Waals surface area (Å²) in [7, 11) is 1.69. The highest BCUT2D eigenvalue weighted by atomic mass is 35.5. The molecule has 1 fully saturated rings. The van der Waals surface area contributed by atoms with Gasteiger partial charge in [-0.15, -0.1) is 0 Å². The van der Waals surface area contributed by atoms with Crippen molar-refractivity contribution in [3.63, 3.8) is 0 Å². The molecule has 4 nitrogen and oxygen atoms in total. The summed E-state index contributed by atoms with van der Waals surface area (Å²) < 4.78 is 5.30. The van der Waals surface area contributed by atoms with Crippen LogP contribution >= 0.6 is 11.6 Å². The van der Waals surface area contributed by atoms with E-state index < -0.39 is 0 Å². The van der Waals surface area contributed by atoms with E-state index in [1.165, 1.54) is 5.56 Å². The van der Waals surface area contributed by atoms with Crippen LogP contribution in [-0.2, 0) is 0 Å². The third-order valence-corrected chi connectivity index (χ3v) is 3.79. The van der Waals surface area contributed by atoms with E-state index in [1.54, 1.807) is 19.5 Å². The van der Waals surface area contributed by atoms with Crippen molar-refractivity contribution in [2.24, 2.45) is 0 Å². The second-order valence-electron chi connectivity index (χ2n) is 4.83. The molecule has 2 heterocycles. The Kier molecular flexibility index (Phi) is 3.74. The zero-order chi connectivity index (χ0) is 13.9. The van der Waals surface area contributed by atoms with Gasteiger partial charge in [-0.3, -0.25) is 0 Å². The van der Waals surface area contributed by atoms with E-state index in [2.05, 4.69) is 27.0 Å². The van der Waals surface area contributed by atoms with E-state index in [0.29, 0.717) is 11.1 Å². The summed E-state index contributed by atoms with van der Waals surface area (Å²) in [4.78, 5) is 10.9. The normalized spacial score (nSPS) is 18.3. The number of hydrogen-bond donors (Lipinski definition) is 0. The summed E-state index contributed by atoms with van der Waals surface area (Å²) >= 11 is 5.85. The monoisotopic (exact) mass is 289 g/mol. The number of nitrogens with zero attached hydrogens (tertiary/aromatic N) is 3. The molecule has 0 radical (unpaired) electrons. The Bertz CT molecular complexity index is 588. The average molecular weight is 290 g/mol. The van der Waals surface area contributed by atoms with Crippen LogP contribution < -0.4 is 9.64 Å². The molecule has 0 saturated carbocycles. The number of halogens is 1. The predicted molar refractivity (Wildman–Crippen MR) is 79.4 cm³/mol. The first-order valence-electron chi connectivity index (χ1n) is 6.66. The molecule has 0 amide bonds. The Morgan fingerprint density at radius 3 is 2.85 bits per heavy atom. The largest absolute Gasteiger partial charge is 0.497 e. The molecule has 104 valence electrons. The molecule has 3 rings (SSSR count). The highest BCUT2D eigenvalue weighted by Gasteiger charge is 2.28. The molecular weight excluding hydrogens is 274 g/mol. The molecule has 1 aromatic heterocycles. The van der Waals surface area contributed by atoms with Crippen molar-refractivity contribution in [1.29, 1.82) is 0 Å². The molecule has 20 heavy (non-hydrogen) atoms. The van der Waals surface area contributed by atoms with Crippen molar-refractivity contribution in [3.05, 3.63) is 47.2 Å². The van der Waals surface area contributed by atoms with Crippen LogP contribution in [0.15, 0.2) is 36.7 Å². The Labute approximate surface area is 123 Å². The fourth-order valence-electron chi connectivity index (χ4n) is 2.66. The van der Waals surface area contributed by atoms with Gasteiger partial charge in [0.05, 0.1) is 30.6 Å². The second-order valence-corrected chi connectivity index (χ2v) is 5.27. The highest BCUT2D eigenvalue weighted by Crippen LogP contribution is 2.35. The Morgan fingerprint density at radius 1 is 1.30 bits per heavy atom. The lowest BCUT2D eigenvalue weighted by atomic mass is 10.0. The maximum Gasteiger partial charge on any atom is 0.225 e. The number of ether oxygens (including phenoxy) is 1. The van der Waals surface area contributed by atoms with Crippen LogP contribution in [0, 0.1) is 0 Å². The van der Waals surface area contributed by atoms with Crippen molar-refractivity contribution >= 4 is 17.5 Å². The molecule has 0 spiro atoms. The maximum absolute atomic E-state index is 5.85. The van der Waals surface area contributed by atoms with Gasteiger partial charge in [-0.05, 0) is 30.5 Å². The van der Waals surface area contributed by atoms with Crippen LogP contribution in [0.4, 0.5) is 5.95 Å². The third kappa shape index (κ3) is 2.56. The molecule has 1 aliphatic rings. The maximum atomic E-state index is 5.85. The topological polar surface area (TPSA) is 38.2 Å². The van der Waals surface area contributed by atoms with Gasteiger partial charge in [0, 0.05) is 6.54 Å². The predicted octanol–water partition coefficient (Wildman–Crippen LogP) is 3.48. The number of hydrogen-bond acceptors (Lipinski definition) is 4. The molecule has 1 atom stereocenters. The van der Waals surface area contributed by atoms with Gasteiger partial charge >= 0.3 is 0 Å². The van der Waals surface area contributed by atoms with Gasteiger partial charge in [-0.25, -0.2) is 9.97 Å². The van der Waals surface area contributed by atoms with Gasteiger partial charge < -0.3 is 9.64 Å². The van der Waals surface area contributed by atoms with Crippen molar-refractivity contribution in [1.82, 2.24) is 9.97 Å². The summed E-state index contributed by atoms with van der Waals surface area (Å²) in [6.45, 7) is 0.962. The summed E-state index contributed by atoms with van der Waals surface area (Å²) in [5, 5.41) is 0.561. The van der Waals surface area contributed by atoms with E-state index >= 15 is 0 Å². The van der Waals surface area contributed by atoms with E-state index in [0.717, 1.165) is 31.1 Å². The minimum absolute atomic E-state index is 0.297. The lowest BCUT2D eigenvalue weighted by Crippen LogP contribution is -2.24. The van der Waals surface area contributed by atoms with Gasteiger partial charge in [-0.2, -0.15) is 0 Å². The standard InChI is InChI=1S/C15H16ClN3O/c1-20-13-5-2-4-11(8-13)14-6-3-7-19(14)15-17-9-12(16)10-18-15/h2,4-5,8-10,14H,3,6-7H2,1H3/t14-/m0/s1. The van der Waals surface area contributed by atoms with Crippen LogP contribution in [0.5, 0.6) is 5.75 Å². The number of anilines is 1. The smallest absolute Gasteiger partial charge is 0.225 e. The highest BCUT2D eigenvalue weighted by molar-refractivity contribution is 6.30. The molecule has 2 aromatic rings. The molecule has 1 saturated heterocycles. The van der Waals surface area contributed by atoms with E-state index in [1.807, 2.05) is 12.1 Å². The van der Waals surface area contributed by atoms with E-state index in [4.69, 9.17) is 16.3 Å². The van der Waals surface area contributed by atoms with Crippen molar-refractivity contribution < 1.29 is 4.74 Å². The lowest BCUT2D eigenvalue weighted by molar-refractivity contribution is 0.414. The van der Waals surface area contributed by atoms with Crippen LogP contribution in [0.1, 0.15) is 24.4 Å². The SMILES string of the molecule is COc1cccc([C@@H]2CCCN2c2ncc(Cl)cn2)c1. The molecule has 0 unspecified atom stereocenters. The zero-order valence-electron chi connectivity index (χ0n) is 11.3. The minimum Gasteiger partial charge on any atom is -0.497 e. The number of rotatable bonds is 3. The molecule has 1 aliphatic heterocycles. The van der Waals surface area contributed by atoms with Crippen molar-refractivity contribution in [3.8, 4) is 5.75 Å². The summed E-state index contributed by atoms with van der Waals surface area (Å²) in [6, 6.07) is 8.49. The van der Waals surface area contributed by atoms with Gasteiger partial charge in [0.1, 0.15) is 5.75 Å². The molecule has 0 aliphatic carbocycles. The second kappa shape index (κ2) is 5.67. The van der Waals surface area contributed by atoms with Crippen LogP contribution in [0.2, 0.25) is 5.02 Å². The Balaban J connectivity index is 1.90. The minimum atomic E-state index is 0.297. The van der Waals surface area contributed by atoms with Crippen LogP contribution in [0.3, 0.4) is 0 Å². The molecule has 1 aromatic carbocycles. The molecule has 0 N–H and O–H groups in total. The fraction of sp³-hybridized carbons (Fsp3) is 0.333. The van der Waals surface area contributed by atoms with Gasteiger partial charge in [0.15, 0.2) is 0 Å². The van der Waals surface area contributed by atoms with Crippen molar-refractivity contribution in [2.45, 2.75) is 18.9 Å². The fourth-order valence-corrected chi connectivity index (χ4v) is 2.75. The lowest BCUT2D eigenvalue weighted by Gasteiger charge is -2.25. The van der Waals surface area contributed by atoms with E-state index in [9.17, 15) is 0 Å². The first-order valence-corrected chi connectivity index (χ1v) is 7.04. The molecule has 5 heteroatoms. The van der Waals surface area contributed by atoms with Crippen molar-refractivity contribution in [2.75, 3.05) is 18.6 Å². The quantitative estimate of drug-likeness (QED) is 0.867. The van der Waals surface area contributed by atoms with Gasteiger partial charge in [-0.1, -0.05) is 23.7 Å². The van der Waals surface area contributed by atoms with Gasteiger partial charge in [0.25, 0.3) is 0 Å². The number of methoxy groups -OCH3 is 1. The molecule has 0 bridgehead atoms. The number of benzene rings is 1. The Hall–Kier alpha value is -1.81. The molecular formula is C15H16ClN3O. The summed E-state index contributed by atoms with van der Waals surface area (Å²) in [5.41, 5.74) is 1.24. The summed E-state index contributed by atoms with van der Waals surface area (Å²) in [5.74, 6) is 1.62. The first-order chi connectivity index (χ1) is 9.78. The summed E-state index contributed by atoms with van der Waals surface area (Å²) in [6.07, 6.45) is 5.52. The Morgan fingerprint density at radius 2 is 2.10 bits per heavy atom. The first kappa shape index (κ1) is 13.2. The third-order valence-electron chi connectivity index (χ3n) is 3.59. The van der Waals surface area contributed by atoms with Crippen LogP contribution in [0.25, 0.3) is 0 Å². The average Bonchev–Trinajstić information content (AvgIpc) is 2.97. The number of aromatic nitrogens is 2.